The highest BCUT2D eigenvalue weighted by atomic mass is 16.1. The van der Waals surface area contributed by atoms with Crippen molar-refractivity contribution in [1.82, 2.24) is 4.90 Å². The van der Waals surface area contributed by atoms with Crippen LogP contribution in [0.1, 0.15) is 20.3 Å². The summed E-state index contributed by atoms with van der Waals surface area (Å²) in [5.74, 6) is 0. The number of nitrogens with zero attached hydrogens (tertiary/aromatic N) is 1. The van der Waals surface area contributed by atoms with Crippen molar-refractivity contribution in [3.8, 4) is 0 Å². The van der Waals surface area contributed by atoms with E-state index in [4.69, 9.17) is 5.73 Å². The van der Waals surface area contributed by atoms with Crippen LogP contribution in [0, 0.1) is 5.41 Å². The molecule has 1 fully saturated rings. The molecule has 2 N–H and O–H groups in total. The van der Waals surface area contributed by atoms with E-state index in [1.54, 1.807) is 4.90 Å². The highest BCUT2D eigenvalue weighted by Crippen LogP contribution is 2.26. The van der Waals surface area contributed by atoms with Gasteiger partial charge in [0.1, 0.15) is 0 Å². The molecule has 1 aliphatic rings. The molecule has 0 saturated carbocycles. The second kappa shape index (κ2) is 2.81. The molecule has 11 heavy (non-hydrogen) atoms. The van der Waals surface area contributed by atoms with Gasteiger partial charge >= 0.3 is 0 Å². The first-order valence-electron chi connectivity index (χ1n) is 4.01. The van der Waals surface area contributed by atoms with Gasteiger partial charge in [-0.15, -0.1) is 0 Å². The molecular formula is C8H16N2O. The van der Waals surface area contributed by atoms with Gasteiger partial charge in [0.25, 0.3) is 0 Å². The van der Waals surface area contributed by atoms with E-state index in [1.165, 1.54) is 0 Å². The van der Waals surface area contributed by atoms with Crippen molar-refractivity contribution in [3.05, 3.63) is 0 Å². The number of nitrogens with two attached hydrogens (primary N) is 1. The van der Waals surface area contributed by atoms with Crippen LogP contribution in [-0.4, -0.2) is 30.4 Å². The first-order valence-corrected chi connectivity index (χ1v) is 4.01. The normalized spacial score (nSPS) is 30.1. The third kappa shape index (κ3) is 1.71. The van der Waals surface area contributed by atoms with Crippen LogP contribution in [0.5, 0.6) is 0 Å². The predicted molar refractivity (Wildman–Crippen MR) is 44.0 cm³/mol. The van der Waals surface area contributed by atoms with Gasteiger partial charge < -0.3 is 10.6 Å². The molecule has 0 bridgehead atoms. The fourth-order valence-electron chi connectivity index (χ4n) is 1.51. The van der Waals surface area contributed by atoms with Gasteiger partial charge in [-0.3, -0.25) is 4.79 Å². The summed E-state index contributed by atoms with van der Waals surface area (Å²) in [6.07, 6.45) is 1.83. The zero-order valence-corrected chi connectivity index (χ0v) is 7.21. The van der Waals surface area contributed by atoms with Crippen LogP contribution in [0.15, 0.2) is 0 Å². The quantitative estimate of drug-likeness (QED) is 0.551. The number of carbonyl (C=O) groups is 1. The summed E-state index contributed by atoms with van der Waals surface area (Å²) in [7, 11) is 0. The van der Waals surface area contributed by atoms with Gasteiger partial charge in [0.15, 0.2) is 0 Å². The van der Waals surface area contributed by atoms with Gasteiger partial charge in [0, 0.05) is 19.1 Å². The summed E-state index contributed by atoms with van der Waals surface area (Å²) in [6.45, 7) is 5.81. The molecule has 3 nitrogen and oxygen atoms in total. The molecule has 0 aliphatic carbocycles. The molecule has 1 atom stereocenters. The number of piperidine rings is 1. The van der Waals surface area contributed by atoms with Crippen LogP contribution in [-0.2, 0) is 4.79 Å². The first-order chi connectivity index (χ1) is 5.06. The zero-order chi connectivity index (χ0) is 8.48. The van der Waals surface area contributed by atoms with E-state index in [0.29, 0.717) is 0 Å². The van der Waals surface area contributed by atoms with Gasteiger partial charge in [0.2, 0.25) is 6.41 Å². The topological polar surface area (TPSA) is 46.3 Å². The number of rotatable bonds is 1. The highest BCUT2D eigenvalue weighted by molar-refractivity contribution is 5.47. The standard InChI is InChI=1S/C8H16N2O/c1-8(2)5-10(6-11)4-3-7(8)9/h6-7H,3-5,9H2,1-2H3/t7-/m0/s1. The molecule has 1 aliphatic heterocycles. The molecule has 3 heteroatoms. The molecular weight excluding hydrogens is 140 g/mol. The SMILES string of the molecule is CC1(C)CN(C=O)CC[C@@H]1N. The minimum Gasteiger partial charge on any atom is -0.345 e. The Hall–Kier alpha value is -0.570. The minimum absolute atomic E-state index is 0.0825. The Labute approximate surface area is 67.5 Å². The van der Waals surface area contributed by atoms with Crippen molar-refractivity contribution >= 4 is 6.41 Å². The maximum Gasteiger partial charge on any atom is 0.209 e. The summed E-state index contributed by atoms with van der Waals surface area (Å²) in [5, 5.41) is 0. The predicted octanol–water partition coefficient (Wildman–Crippen LogP) is 0.202. The highest BCUT2D eigenvalue weighted by Gasteiger charge is 2.32. The Bertz CT molecular complexity index is 156. The third-order valence-corrected chi connectivity index (χ3v) is 2.49. The summed E-state index contributed by atoms with van der Waals surface area (Å²) in [5.41, 5.74) is 5.97. The second-order valence-electron chi connectivity index (χ2n) is 3.96. The number of carbonyl (C=O) groups excluding carboxylic acids is 1. The maximum absolute atomic E-state index is 10.4. The van der Waals surface area contributed by atoms with Gasteiger partial charge in [-0.05, 0) is 11.8 Å². The fraction of sp³-hybridized carbons (Fsp3) is 0.875. The minimum atomic E-state index is 0.0825. The Kier molecular flexibility index (Phi) is 2.18. The molecule has 0 aromatic carbocycles. The molecule has 0 spiro atoms. The zero-order valence-electron chi connectivity index (χ0n) is 7.21. The lowest BCUT2D eigenvalue weighted by Gasteiger charge is -2.40. The van der Waals surface area contributed by atoms with Crippen molar-refractivity contribution < 1.29 is 4.79 Å². The lowest BCUT2D eigenvalue weighted by molar-refractivity contribution is -0.121. The molecule has 64 valence electrons. The van der Waals surface area contributed by atoms with Crippen LogP contribution >= 0.6 is 0 Å². The maximum atomic E-state index is 10.4. The Morgan fingerprint density at radius 2 is 2.27 bits per heavy atom. The van der Waals surface area contributed by atoms with Crippen LogP contribution in [0.2, 0.25) is 0 Å². The van der Waals surface area contributed by atoms with E-state index in [0.717, 1.165) is 25.9 Å². The van der Waals surface area contributed by atoms with Gasteiger partial charge in [-0.1, -0.05) is 13.8 Å². The van der Waals surface area contributed by atoms with Crippen molar-refractivity contribution in [2.24, 2.45) is 11.1 Å². The largest absolute Gasteiger partial charge is 0.345 e. The lowest BCUT2D eigenvalue weighted by Crippen LogP contribution is -2.51. The van der Waals surface area contributed by atoms with E-state index >= 15 is 0 Å². The Balaban J connectivity index is 2.58. The summed E-state index contributed by atoms with van der Waals surface area (Å²) < 4.78 is 0. The molecule has 0 unspecified atom stereocenters. The molecule has 0 radical (unpaired) electrons. The second-order valence-corrected chi connectivity index (χ2v) is 3.96. The molecule has 1 amide bonds. The molecule has 0 aromatic rings. The van der Waals surface area contributed by atoms with E-state index in [2.05, 4.69) is 13.8 Å². The average molecular weight is 156 g/mol. The van der Waals surface area contributed by atoms with E-state index in [9.17, 15) is 4.79 Å². The average Bonchev–Trinajstić information content (AvgIpc) is 1.95. The van der Waals surface area contributed by atoms with Crippen molar-refractivity contribution in [1.29, 1.82) is 0 Å². The van der Waals surface area contributed by atoms with Crippen LogP contribution in [0.25, 0.3) is 0 Å². The summed E-state index contributed by atoms with van der Waals surface area (Å²) >= 11 is 0. The van der Waals surface area contributed by atoms with Crippen LogP contribution in [0.3, 0.4) is 0 Å². The fourth-order valence-corrected chi connectivity index (χ4v) is 1.51. The molecule has 1 heterocycles. The van der Waals surface area contributed by atoms with Crippen LogP contribution in [0.4, 0.5) is 0 Å². The Morgan fingerprint density at radius 1 is 1.64 bits per heavy atom. The number of hydrogen-bond acceptors (Lipinski definition) is 2. The van der Waals surface area contributed by atoms with Gasteiger partial charge in [-0.25, -0.2) is 0 Å². The van der Waals surface area contributed by atoms with Crippen molar-refractivity contribution in [2.75, 3.05) is 13.1 Å². The molecule has 0 aromatic heterocycles. The smallest absolute Gasteiger partial charge is 0.209 e. The lowest BCUT2D eigenvalue weighted by atomic mass is 9.80. The Morgan fingerprint density at radius 3 is 2.73 bits per heavy atom. The van der Waals surface area contributed by atoms with Crippen LogP contribution < -0.4 is 5.73 Å². The number of hydrogen-bond donors (Lipinski definition) is 1. The first kappa shape index (κ1) is 8.53. The number of likely N-dealkylation sites (tertiary alicyclic amines) is 1. The molecule has 1 rings (SSSR count). The molecule has 1 saturated heterocycles. The van der Waals surface area contributed by atoms with E-state index in [1.807, 2.05) is 0 Å². The van der Waals surface area contributed by atoms with Crippen molar-refractivity contribution in [2.45, 2.75) is 26.3 Å². The van der Waals surface area contributed by atoms with Gasteiger partial charge in [-0.2, -0.15) is 0 Å². The third-order valence-electron chi connectivity index (χ3n) is 2.49. The van der Waals surface area contributed by atoms with Crippen molar-refractivity contribution in [3.63, 3.8) is 0 Å². The number of amides is 1. The monoisotopic (exact) mass is 156 g/mol. The van der Waals surface area contributed by atoms with Gasteiger partial charge in [0.05, 0.1) is 0 Å². The summed E-state index contributed by atoms with van der Waals surface area (Å²) in [6, 6.07) is 0.235. The van der Waals surface area contributed by atoms with E-state index in [-0.39, 0.29) is 11.5 Å². The van der Waals surface area contributed by atoms with E-state index < -0.39 is 0 Å². The summed E-state index contributed by atoms with van der Waals surface area (Å²) in [4.78, 5) is 12.2.